The summed E-state index contributed by atoms with van der Waals surface area (Å²) in [5.41, 5.74) is 5.50. The van der Waals surface area contributed by atoms with E-state index in [1.54, 1.807) is 13.0 Å². The number of carbonyl (C=O) groups excluding carboxylic acids is 3. The summed E-state index contributed by atoms with van der Waals surface area (Å²) in [5, 5.41) is 13.7. The molecular formula is C17H21FN4O3. The Labute approximate surface area is 145 Å². The van der Waals surface area contributed by atoms with Crippen LogP contribution in [0.3, 0.4) is 0 Å². The third kappa shape index (κ3) is 6.59. The Morgan fingerprint density at radius 1 is 1.24 bits per heavy atom. The first kappa shape index (κ1) is 20.1. The van der Waals surface area contributed by atoms with Gasteiger partial charge in [-0.25, -0.2) is 4.39 Å². The second-order valence-electron chi connectivity index (χ2n) is 5.78. The summed E-state index contributed by atoms with van der Waals surface area (Å²) in [5.74, 6) is -2.94. The van der Waals surface area contributed by atoms with Crippen LogP contribution in [0.4, 0.5) is 4.39 Å². The normalized spacial score (nSPS) is 13.8. The van der Waals surface area contributed by atoms with Crippen molar-refractivity contribution in [2.45, 2.75) is 38.8 Å². The van der Waals surface area contributed by atoms with Crippen molar-refractivity contribution in [3.05, 3.63) is 35.6 Å². The summed E-state index contributed by atoms with van der Waals surface area (Å²) in [6, 6.07) is 5.70. The van der Waals surface area contributed by atoms with Crippen LogP contribution < -0.4 is 16.4 Å². The van der Waals surface area contributed by atoms with Crippen molar-refractivity contribution in [3.63, 3.8) is 0 Å². The molecule has 0 aliphatic heterocycles. The van der Waals surface area contributed by atoms with E-state index in [0.29, 0.717) is 0 Å². The van der Waals surface area contributed by atoms with Crippen LogP contribution in [-0.2, 0) is 20.8 Å². The lowest BCUT2D eigenvalue weighted by atomic mass is 10.0. The molecule has 0 saturated heterocycles. The third-order valence-corrected chi connectivity index (χ3v) is 3.55. The van der Waals surface area contributed by atoms with Crippen molar-refractivity contribution in [2.24, 2.45) is 11.7 Å². The van der Waals surface area contributed by atoms with Gasteiger partial charge in [-0.05, 0) is 25.0 Å². The number of hydrogen-bond donors (Lipinski definition) is 3. The van der Waals surface area contributed by atoms with Crippen molar-refractivity contribution < 1.29 is 18.8 Å². The fourth-order valence-electron chi connectivity index (χ4n) is 2.26. The minimum absolute atomic E-state index is 0.0457. The number of carbonyl (C=O) groups is 3. The Balaban J connectivity index is 2.92. The summed E-state index contributed by atoms with van der Waals surface area (Å²) in [6.45, 7) is 2.82. The van der Waals surface area contributed by atoms with Crippen LogP contribution in [0.1, 0.15) is 25.8 Å². The number of rotatable bonds is 8. The van der Waals surface area contributed by atoms with Crippen molar-refractivity contribution in [3.8, 4) is 6.07 Å². The number of nitrogens with two attached hydrogens (primary N) is 1. The Morgan fingerprint density at radius 2 is 1.88 bits per heavy atom. The maximum Gasteiger partial charge on any atom is 0.243 e. The summed E-state index contributed by atoms with van der Waals surface area (Å²) in [6.07, 6.45) is -0.0402. The summed E-state index contributed by atoms with van der Waals surface area (Å²) >= 11 is 0. The summed E-state index contributed by atoms with van der Waals surface area (Å²) < 4.78 is 13.8. The SMILES string of the molecule is CC(=O)N[C@H](Cc1ccccc1F)C(=O)N[C@@H](C[C@H](C)C#N)C(N)=O. The Kier molecular flexibility index (Phi) is 7.53. The summed E-state index contributed by atoms with van der Waals surface area (Å²) in [4.78, 5) is 35.3. The van der Waals surface area contributed by atoms with Gasteiger partial charge in [-0.1, -0.05) is 18.2 Å². The molecule has 1 rings (SSSR count). The molecule has 0 saturated carbocycles. The van der Waals surface area contributed by atoms with Crippen LogP contribution >= 0.6 is 0 Å². The maximum atomic E-state index is 13.8. The molecule has 8 heteroatoms. The third-order valence-electron chi connectivity index (χ3n) is 3.55. The molecule has 3 atom stereocenters. The first-order valence-electron chi connectivity index (χ1n) is 7.74. The standard InChI is InChI=1S/C17H21FN4O3/c1-10(9-19)7-14(16(20)24)22-17(25)15(21-11(2)23)8-12-5-3-4-6-13(12)18/h3-6,10,14-15H,7-8H2,1-2H3,(H2,20,24)(H,21,23)(H,22,25)/t10-,14-,15+/m0/s1. The van der Waals surface area contributed by atoms with Gasteiger partial charge in [-0.15, -0.1) is 0 Å². The van der Waals surface area contributed by atoms with Gasteiger partial charge in [0.15, 0.2) is 0 Å². The fraction of sp³-hybridized carbons (Fsp3) is 0.412. The van der Waals surface area contributed by atoms with Gasteiger partial charge in [-0.2, -0.15) is 5.26 Å². The van der Waals surface area contributed by atoms with Gasteiger partial charge in [0.2, 0.25) is 17.7 Å². The van der Waals surface area contributed by atoms with Gasteiger partial charge in [0.25, 0.3) is 0 Å². The molecule has 0 fully saturated rings. The number of primary amides is 1. The molecule has 0 aliphatic carbocycles. The van der Waals surface area contributed by atoms with Crippen molar-refractivity contribution in [1.29, 1.82) is 5.26 Å². The van der Waals surface area contributed by atoms with Crippen LogP contribution in [0.2, 0.25) is 0 Å². The van der Waals surface area contributed by atoms with Gasteiger partial charge in [0.1, 0.15) is 17.9 Å². The molecule has 0 spiro atoms. The van der Waals surface area contributed by atoms with E-state index in [1.165, 1.54) is 25.1 Å². The van der Waals surface area contributed by atoms with Crippen molar-refractivity contribution >= 4 is 17.7 Å². The van der Waals surface area contributed by atoms with Gasteiger partial charge in [0.05, 0.1) is 6.07 Å². The lowest BCUT2D eigenvalue weighted by Crippen LogP contribution is -2.53. The highest BCUT2D eigenvalue weighted by Gasteiger charge is 2.27. The van der Waals surface area contributed by atoms with E-state index < -0.39 is 41.5 Å². The lowest BCUT2D eigenvalue weighted by molar-refractivity contribution is -0.131. The fourth-order valence-corrected chi connectivity index (χ4v) is 2.26. The van der Waals surface area contributed by atoms with E-state index in [2.05, 4.69) is 10.6 Å². The predicted octanol–water partition coefficient (Wildman–Crippen LogP) is 0.393. The number of nitriles is 1. The molecule has 0 radical (unpaired) electrons. The first-order valence-corrected chi connectivity index (χ1v) is 7.74. The molecule has 0 aromatic heterocycles. The van der Waals surface area contributed by atoms with E-state index in [9.17, 15) is 18.8 Å². The van der Waals surface area contributed by atoms with E-state index in [1.807, 2.05) is 6.07 Å². The number of nitrogens with zero attached hydrogens (tertiary/aromatic N) is 1. The minimum atomic E-state index is -1.08. The largest absolute Gasteiger partial charge is 0.368 e. The highest BCUT2D eigenvalue weighted by atomic mass is 19.1. The highest BCUT2D eigenvalue weighted by molar-refractivity contribution is 5.91. The number of amides is 3. The molecule has 3 amide bonds. The molecule has 25 heavy (non-hydrogen) atoms. The Morgan fingerprint density at radius 3 is 2.40 bits per heavy atom. The van der Waals surface area contributed by atoms with E-state index in [-0.39, 0.29) is 18.4 Å². The smallest absolute Gasteiger partial charge is 0.243 e. The van der Waals surface area contributed by atoms with Gasteiger partial charge < -0.3 is 16.4 Å². The van der Waals surface area contributed by atoms with Crippen molar-refractivity contribution in [2.75, 3.05) is 0 Å². The Hall–Kier alpha value is -2.95. The van der Waals surface area contributed by atoms with Crippen LogP contribution in [0, 0.1) is 23.1 Å². The molecule has 1 aromatic carbocycles. The highest BCUT2D eigenvalue weighted by Crippen LogP contribution is 2.10. The quantitative estimate of drug-likeness (QED) is 0.628. The lowest BCUT2D eigenvalue weighted by Gasteiger charge is -2.22. The van der Waals surface area contributed by atoms with E-state index in [0.717, 1.165) is 0 Å². The monoisotopic (exact) mass is 348 g/mol. The maximum absolute atomic E-state index is 13.8. The van der Waals surface area contributed by atoms with E-state index >= 15 is 0 Å². The molecule has 4 N–H and O–H groups in total. The second-order valence-corrected chi connectivity index (χ2v) is 5.78. The molecule has 134 valence electrons. The van der Waals surface area contributed by atoms with Gasteiger partial charge >= 0.3 is 0 Å². The average Bonchev–Trinajstić information content (AvgIpc) is 2.54. The number of hydrogen-bond acceptors (Lipinski definition) is 4. The Bertz CT molecular complexity index is 687. The zero-order chi connectivity index (χ0) is 19.0. The molecule has 0 aliphatic rings. The number of halogens is 1. The molecule has 7 nitrogen and oxygen atoms in total. The molecule has 0 unspecified atom stereocenters. The van der Waals surface area contributed by atoms with Crippen molar-refractivity contribution in [1.82, 2.24) is 10.6 Å². The zero-order valence-corrected chi connectivity index (χ0v) is 14.1. The number of benzene rings is 1. The van der Waals surface area contributed by atoms with Crippen LogP contribution in [-0.4, -0.2) is 29.8 Å². The minimum Gasteiger partial charge on any atom is -0.368 e. The molecule has 0 heterocycles. The topological polar surface area (TPSA) is 125 Å². The van der Waals surface area contributed by atoms with Gasteiger partial charge in [0, 0.05) is 19.3 Å². The van der Waals surface area contributed by atoms with Gasteiger partial charge in [-0.3, -0.25) is 14.4 Å². The average molecular weight is 348 g/mol. The first-order chi connectivity index (χ1) is 11.7. The second kappa shape index (κ2) is 9.37. The predicted molar refractivity (Wildman–Crippen MR) is 88.2 cm³/mol. The van der Waals surface area contributed by atoms with Crippen LogP contribution in [0.25, 0.3) is 0 Å². The van der Waals surface area contributed by atoms with Crippen LogP contribution in [0.15, 0.2) is 24.3 Å². The molecule has 1 aromatic rings. The molecular weight excluding hydrogens is 327 g/mol. The molecule has 0 bridgehead atoms. The van der Waals surface area contributed by atoms with E-state index in [4.69, 9.17) is 11.0 Å². The zero-order valence-electron chi connectivity index (χ0n) is 14.1. The number of nitrogens with one attached hydrogen (secondary N) is 2. The van der Waals surface area contributed by atoms with Crippen LogP contribution in [0.5, 0.6) is 0 Å². The summed E-state index contributed by atoms with van der Waals surface area (Å²) in [7, 11) is 0.